The number of aryl methyl sites for hydroxylation is 1. The van der Waals surface area contributed by atoms with E-state index >= 15 is 0 Å². The van der Waals surface area contributed by atoms with Gasteiger partial charge in [0.2, 0.25) is 0 Å². The van der Waals surface area contributed by atoms with Gasteiger partial charge in [-0.3, -0.25) is 4.98 Å². The van der Waals surface area contributed by atoms with Crippen LogP contribution in [0, 0.1) is 6.92 Å². The molecule has 0 aliphatic heterocycles. The van der Waals surface area contributed by atoms with Gasteiger partial charge in [-0.1, -0.05) is 24.8 Å². The van der Waals surface area contributed by atoms with Crippen molar-refractivity contribution in [2.75, 3.05) is 0 Å². The van der Waals surface area contributed by atoms with Crippen molar-refractivity contribution in [3.8, 4) is 0 Å². The molecule has 0 aliphatic rings. The number of pyridine rings is 2. The quantitative estimate of drug-likeness (QED) is 0.512. The van der Waals surface area contributed by atoms with Crippen LogP contribution in [-0.4, -0.2) is 25.3 Å². The fourth-order valence-electron chi connectivity index (χ4n) is 2.72. The Morgan fingerprint density at radius 2 is 2.04 bits per heavy atom. The second-order valence-electron chi connectivity index (χ2n) is 5.85. The summed E-state index contributed by atoms with van der Waals surface area (Å²) in [5.41, 5.74) is 4.48. The summed E-state index contributed by atoms with van der Waals surface area (Å²) in [5, 5.41) is 5.47. The molecule has 5 nitrogen and oxygen atoms in total. The number of fused-ring (bicyclic) bond motifs is 3. The third kappa shape index (κ3) is 3.02. The zero-order valence-electron chi connectivity index (χ0n) is 14.4. The second-order valence-corrected chi connectivity index (χ2v) is 5.85. The highest BCUT2D eigenvalue weighted by Crippen LogP contribution is 2.18. The van der Waals surface area contributed by atoms with Crippen LogP contribution in [0.3, 0.4) is 0 Å². The molecular formula is C21H17N5. The predicted octanol–water partition coefficient (Wildman–Crippen LogP) is 4.56. The van der Waals surface area contributed by atoms with E-state index in [-0.39, 0.29) is 0 Å². The molecule has 0 fully saturated rings. The van der Waals surface area contributed by atoms with Gasteiger partial charge in [0.25, 0.3) is 0 Å². The van der Waals surface area contributed by atoms with Crippen LogP contribution in [0.4, 0.5) is 5.69 Å². The van der Waals surface area contributed by atoms with Crippen molar-refractivity contribution in [3.63, 3.8) is 0 Å². The first kappa shape index (κ1) is 15.9. The number of aromatic nitrogens is 4. The molecule has 0 saturated carbocycles. The minimum absolute atomic E-state index is 0.612. The Hall–Kier alpha value is -3.60. The molecule has 0 bridgehead atoms. The summed E-state index contributed by atoms with van der Waals surface area (Å²) in [6.07, 6.45) is 9.07. The van der Waals surface area contributed by atoms with E-state index in [2.05, 4.69) is 26.6 Å². The van der Waals surface area contributed by atoms with E-state index in [9.17, 15) is 0 Å². The summed E-state index contributed by atoms with van der Waals surface area (Å²) in [5.74, 6) is 0.612. The van der Waals surface area contributed by atoms with Gasteiger partial charge in [0.15, 0.2) is 11.5 Å². The molecule has 3 aromatic heterocycles. The second kappa shape index (κ2) is 6.72. The van der Waals surface area contributed by atoms with Crippen molar-refractivity contribution in [1.82, 2.24) is 19.6 Å². The Bertz CT molecular complexity index is 1170. The van der Waals surface area contributed by atoms with Gasteiger partial charge in [-0.2, -0.15) is 0 Å². The van der Waals surface area contributed by atoms with Crippen molar-refractivity contribution >= 4 is 34.0 Å². The summed E-state index contributed by atoms with van der Waals surface area (Å²) in [6.45, 7) is 5.88. The zero-order valence-corrected chi connectivity index (χ0v) is 14.4. The van der Waals surface area contributed by atoms with Gasteiger partial charge in [-0.05, 0) is 55.0 Å². The Morgan fingerprint density at radius 3 is 2.88 bits per heavy atom. The number of para-hydroxylation sites is 1. The predicted molar refractivity (Wildman–Crippen MR) is 106 cm³/mol. The van der Waals surface area contributed by atoms with E-state index < -0.39 is 0 Å². The highest BCUT2D eigenvalue weighted by molar-refractivity contribution is 6.07. The van der Waals surface area contributed by atoms with Gasteiger partial charge >= 0.3 is 0 Å². The Balaban J connectivity index is 1.70. The van der Waals surface area contributed by atoms with E-state index in [0.717, 1.165) is 33.5 Å². The van der Waals surface area contributed by atoms with Crippen molar-refractivity contribution in [2.24, 2.45) is 4.99 Å². The summed E-state index contributed by atoms with van der Waals surface area (Å²) >= 11 is 0. The molecule has 26 heavy (non-hydrogen) atoms. The van der Waals surface area contributed by atoms with Crippen LogP contribution in [0.2, 0.25) is 0 Å². The van der Waals surface area contributed by atoms with Gasteiger partial charge in [0.1, 0.15) is 0 Å². The van der Waals surface area contributed by atoms with Crippen molar-refractivity contribution in [2.45, 2.75) is 6.92 Å². The van der Waals surface area contributed by atoms with Crippen LogP contribution in [-0.2, 0) is 0 Å². The van der Waals surface area contributed by atoms with Crippen LogP contribution in [0.15, 0.2) is 78.6 Å². The maximum atomic E-state index is 4.63. The summed E-state index contributed by atoms with van der Waals surface area (Å²) in [4.78, 5) is 13.6. The van der Waals surface area contributed by atoms with Crippen LogP contribution in [0.5, 0.6) is 0 Å². The molecular weight excluding hydrogens is 322 g/mol. The minimum atomic E-state index is 0.612. The molecule has 0 spiro atoms. The molecule has 0 atom stereocenters. The van der Waals surface area contributed by atoms with E-state index in [4.69, 9.17) is 0 Å². The van der Waals surface area contributed by atoms with Gasteiger partial charge < -0.3 is 0 Å². The minimum Gasteiger partial charge on any atom is -0.256 e. The number of aliphatic imine (C=N–C) groups is 1. The SMILES string of the molecule is C=CC(/C=C/c1nc2c3cccnc3ccn2n1)=N\c1ccccc1C. The first-order valence-corrected chi connectivity index (χ1v) is 8.29. The lowest BCUT2D eigenvalue weighted by Gasteiger charge is -1.99. The monoisotopic (exact) mass is 339 g/mol. The fourth-order valence-corrected chi connectivity index (χ4v) is 2.72. The number of nitrogens with zero attached hydrogens (tertiary/aromatic N) is 5. The normalized spacial score (nSPS) is 12.3. The number of hydrogen-bond acceptors (Lipinski definition) is 4. The van der Waals surface area contributed by atoms with Crippen molar-refractivity contribution in [1.29, 1.82) is 0 Å². The largest absolute Gasteiger partial charge is 0.256 e. The average molecular weight is 339 g/mol. The van der Waals surface area contributed by atoms with Gasteiger partial charge in [-0.25, -0.2) is 14.5 Å². The highest BCUT2D eigenvalue weighted by Gasteiger charge is 2.06. The maximum Gasteiger partial charge on any atom is 0.175 e. The smallest absolute Gasteiger partial charge is 0.175 e. The van der Waals surface area contributed by atoms with Crippen LogP contribution in [0.25, 0.3) is 22.6 Å². The summed E-state index contributed by atoms with van der Waals surface area (Å²) < 4.78 is 1.76. The Morgan fingerprint density at radius 1 is 1.15 bits per heavy atom. The topological polar surface area (TPSA) is 55.4 Å². The molecule has 0 amide bonds. The highest BCUT2D eigenvalue weighted by atomic mass is 15.3. The molecule has 0 unspecified atom stereocenters. The third-order valence-electron chi connectivity index (χ3n) is 4.08. The first-order chi connectivity index (χ1) is 12.7. The lowest BCUT2D eigenvalue weighted by atomic mass is 10.2. The van der Waals surface area contributed by atoms with Crippen LogP contribution in [0.1, 0.15) is 11.4 Å². The number of hydrogen-bond donors (Lipinski definition) is 0. The number of benzene rings is 1. The summed E-state index contributed by atoms with van der Waals surface area (Å²) in [7, 11) is 0. The molecule has 5 heteroatoms. The zero-order chi connectivity index (χ0) is 17.9. The van der Waals surface area contributed by atoms with Gasteiger partial charge in [0, 0.05) is 17.8 Å². The van der Waals surface area contributed by atoms with Gasteiger partial charge in [0.05, 0.1) is 16.9 Å². The van der Waals surface area contributed by atoms with Crippen LogP contribution >= 0.6 is 0 Å². The Labute approximate surface area is 151 Å². The standard InChI is InChI=1S/C21H17N5/c1-3-16(23-18-9-5-4-7-15(18)2)10-11-20-24-21-17-8-6-13-22-19(17)12-14-26(21)25-20/h3-14H,1H2,2H3/b11-10+,23-16+. The van der Waals surface area contributed by atoms with E-state index in [0.29, 0.717) is 5.82 Å². The maximum absolute atomic E-state index is 4.63. The number of allylic oxidation sites excluding steroid dienone is 2. The Kier molecular flexibility index (Phi) is 4.11. The van der Waals surface area contributed by atoms with E-state index in [1.165, 1.54) is 0 Å². The molecule has 1 aromatic carbocycles. The third-order valence-corrected chi connectivity index (χ3v) is 4.08. The van der Waals surface area contributed by atoms with Crippen molar-refractivity contribution in [3.05, 3.63) is 85.0 Å². The lowest BCUT2D eigenvalue weighted by molar-refractivity contribution is 0.957. The molecule has 126 valence electrons. The van der Waals surface area contributed by atoms with E-state index in [1.54, 1.807) is 16.8 Å². The molecule has 0 radical (unpaired) electrons. The average Bonchev–Trinajstić information content (AvgIpc) is 3.10. The fraction of sp³-hybridized carbons (Fsp3) is 0.0476. The molecule has 0 saturated heterocycles. The van der Waals surface area contributed by atoms with Gasteiger partial charge in [-0.15, -0.1) is 5.10 Å². The van der Waals surface area contributed by atoms with Crippen molar-refractivity contribution < 1.29 is 0 Å². The summed E-state index contributed by atoms with van der Waals surface area (Å²) in [6, 6.07) is 13.8. The molecule has 4 aromatic rings. The molecule has 3 heterocycles. The lowest BCUT2D eigenvalue weighted by Crippen LogP contribution is -1.89. The molecule has 4 rings (SSSR count). The first-order valence-electron chi connectivity index (χ1n) is 8.29. The number of rotatable bonds is 4. The molecule has 0 N–H and O–H groups in total. The van der Waals surface area contributed by atoms with E-state index in [1.807, 2.05) is 67.7 Å². The van der Waals surface area contributed by atoms with Crippen LogP contribution < -0.4 is 0 Å². The molecule has 0 aliphatic carbocycles.